The van der Waals surface area contributed by atoms with E-state index in [1.54, 1.807) is 0 Å². The van der Waals surface area contributed by atoms with E-state index >= 15 is 0 Å². The Kier molecular flexibility index (Phi) is 3.61. The Hall–Kier alpha value is 1.04. The van der Waals surface area contributed by atoms with Gasteiger partial charge in [-0.3, -0.25) is 0 Å². The van der Waals surface area contributed by atoms with Crippen molar-refractivity contribution in [1.82, 2.24) is 0 Å². The summed E-state index contributed by atoms with van der Waals surface area (Å²) in [6, 6.07) is 0. The van der Waals surface area contributed by atoms with Crippen LogP contribution in [-0.2, 0) is 0 Å². The van der Waals surface area contributed by atoms with Gasteiger partial charge < -0.3 is 0 Å². The van der Waals surface area contributed by atoms with Gasteiger partial charge in [0.1, 0.15) is 0 Å². The molecule has 0 aliphatic carbocycles. The first kappa shape index (κ1) is 8.04. The van der Waals surface area contributed by atoms with Gasteiger partial charge in [-0.15, -0.1) is 0 Å². The van der Waals surface area contributed by atoms with E-state index in [0.717, 1.165) is 0 Å². The zero-order valence-electron chi connectivity index (χ0n) is 5.06. The Morgan fingerprint density at radius 2 is 2.00 bits per heavy atom. The first-order valence-electron chi connectivity index (χ1n) is 2.47. The van der Waals surface area contributed by atoms with Crippen molar-refractivity contribution in [2.75, 3.05) is 0 Å². The maximum absolute atomic E-state index is 3.13. The standard InChI is InChI=1S/C5H12Se2/c1-4-5(2,3)7-6/h7H,4H2,1-3H3. The van der Waals surface area contributed by atoms with Gasteiger partial charge in [0.05, 0.1) is 0 Å². The van der Waals surface area contributed by atoms with Gasteiger partial charge in [0.15, 0.2) is 0 Å². The van der Waals surface area contributed by atoms with E-state index in [1.165, 1.54) is 6.42 Å². The van der Waals surface area contributed by atoms with Crippen LogP contribution in [0.25, 0.3) is 0 Å². The van der Waals surface area contributed by atoms with Gasteiger partial charge >= 0.3 is 57.8 Å². The Morgan fingerprint density at radius 3 is 2.00 bits per heavy atom. The molecule has 0 unspecified atom stereocenters. The van der Waals surface area contributed by atoms with Crippen molar-refractivity contribution < 1.29 is 0 Å². The molecule has 44 valence electrons. The summed E-state index contributed by atoms with van der Waals surface area (Å²) in [5, 5.41) is 0. The zero-order chi connectivity index (χ0) is 5.91. The van der Waals surface area contributed by atoms with Gasteiger partial charge in [0.2, 0.25) is 0 Å². The molecule has 0 aliphatic heterocycles. The van der Waals surface area contributed by atoms with Gasteiger partial charge in [-0.05, 0) is 0 Å². The molecule has 0 amide bonds. The molecule has 0 aliphatic rings. The summed E-state index contributed by atoms with van der Waals surface area (Å²) < 4.78 is 0.622. The third kappa shape index (κ3) is 3.61. The quantitative estimate of drug-likeness (QED) is 0.623. The molecule has 0 atom stereocenters. The van der Waals surface area contributed by atoms with Crippen LogP contribution >= 0.6 is 0 Å². The summed E-state index contributed by atoms with van der Waals surface area (Å²) in [5.74, 6) is 0. The van der Waals surface area contributed by atoms with E-state index in [4.69, 9.17) is 0 Å². The Balaban J connectivity index is 3.58. The van der Waals surface area contributed by atoms with Gasteiger partial charge in [-0.25, -0.2) is 0 Å². The van der Waals surface area contributed by atoms with E-state index in [0.29, 0.717) is 16.9 Å². The topological polar surface area (TPSA) is 0 Å². The van der Waals surface area contributed by atoms with Crippen LogP contribution in [0.2, 0.25) is 4.31 Å². The fourth-order valence-corrected chi connectivity index (χ4v) is 1.74. The van der Waals surface area contributed by atoms with Crippen LogP contribution < -0.4 is 0 Å². The van der Waals surface area contributed by atoms with E-state index in [-0.39, 0.29) is 0 Å². The molecule has 7 heavy (non-hydrogen) atoms. The fraction of sp³-hybridized carbons (Fsp3) is 1.00. The van der Waals surface area contributed by atoms with E-state index in [1.807, 2.05) is 0 Å². The molecular weight excluding hydrogens is 218 g/mol. The Bertz CT molecular complexity index is 66.5. The molecule has 0 spiro atoms. The first-order chi connectivity index (χ1) is 3.12. The van der Waals surface area contributed by atoms with Crippen LogP contribution in [0.15, 0.2) is 0 Å². The average molecular weight is 230 g/mol. The van der Waals surface area contributed by atoms with Crippen LogP contribution in [0.4, 0.5) is 0 Å². The molecule has 0 aromatic rings. The van der Waals surface area contributed by atoms with Gasteiger partial charge in [-0.2, -0.15) is 0 Å². The second-order valence-electron chi connectivity index (χ2n) is 2.26. The van der Waals surface area contributed by atoms with Crippen molar-refractivity contribution in [3.05, 3.63) is 0 Å². The Labute approximate surface area is 57.9 Å². The molecule has 0 rings (SSSR count). The van der Waals surface area contributed by atoms with E-state index in [9.17, 15) is 0 Å². The average Bonchev–Trinajstić information content (AvgIpc) is 1.68. The second-order valence-corrected chi connectivity index (χ2v) is 7.17. The molecule has 0 bridgehead atoms. The van der Waals surface area contributed by atoms with Gasteiger partial charge in [0, 0.05) is 0 Å². The van der Waals surface area contributed by atoms with Crippen molar-refractivity contribution in [2.45, 2.75) is 31.5 Å². The summed E-state index contributed by atoms with van der Waals surface area (Å²) in [4.78, 5) is 0. The predicted molar refractivity (Wildman–Crippen MR) is 37.2 cm³/mol. The number of rotatable bonds is 2. The molecule has 2 heteroatoms. The molecule has 0 fully saturated rings. The summed E-state index contributed by atoms with van der Waals surface area (Å²) in [6.07, 6.45) is 1.31. The molecule has 0 heterocycles. The minimum absolute atomic E-state index is 0.459. The third-order valence-electron chi connectivity index (χ3n) is 1.11. The molecule has 0 radical (unpaired) electrons. The molecular formula is C5H12Se2. The van der Waals surface area contributed by atoms with Crippen LogP contribution in [-0.4, -0.2) is 26.3 Å². The zero-order valence-corrected chi connectivity index (χ0v) is 8.65. The van der Waals surface area contributed by atoms with Crippen LogP contribution in [0.1, 0.15) is 27.2 Å². The summed E-state index contributed by atoms with van der Waals surface area (Å²) >= 11 is 3.59. The Morgan fingerprint density at radius 1 is 1.57 bits per heavy atom. The second kappa shape index (κ2) is 3.14. The summed E-state index contributed by atoms with van der Waals surface area (Å²) in [7, 11) is 0. The number of hydrogen-bond donors (Lipinski definition) is 0. The molecule has 0 saturated heterocycles. The number of hydrogen-bond acceptors (Lipinski definition) is 0. The van der Waals surface area contributed by atoms with Crippen molar-refractivity contribution in [3.8, 4) is 0 Å². The maximum atomic E-state index is 3.13. The third-order valence-corrected chi connectivity index (χ3v) is 8.20. The summed E-state index contributed by atoms with van der Waals surface area (Å²) in [5.41, 5.74) is 0. The van der Waals surface area contributed by atoms with Crippen molar-refractivity contribution >= 4 is 26.3 Å². The van der Waals surface area contributed by atoms with Crippen molar-refractivity contribution in [2.24, 2.45) is 0 Å². The van der Waals surface area contributed by atoms with E-state index < -0.39 is 0 Å². The summed E-state index contributed by atoms with van der Waals surface area (Å²) in [6.45, 7) is 6.86. The normalized spacial score (nSPS) is 11.9. The van der Waals surface area contributed by atoms with Crippen LogP contribution in [0, 0.1) is 0 Å². The molecule has 0 aromatic carbocycles. The van der Waals surface area contributed by atoms with Crippen molar-refractivity contribution in [1.29, 1.82) is 0 Å². The molecule has 0 aromatic heterocycles. The van der Waals surface area contributed by atoms with Crippen LogP contribution in [0.5, 0.6) is 0 Å². The predicted octanol–water partition coefficient (Wildman–Crippen LogP) is 1.11. The van der Waals surface area contributed by atoms with E-state index in [2.05, 4.69) is 34.4 Å². The van der Waals surface area contributed by atoms with Crippen LogP contribution in [0.3, 0.4) is 0 Å². The first-order valence-corrected chi connectivity index (χ1v) is 8.15. The molecule has 0 nitrogen and oxygen atoms in total. The minimum atomic E-state index is 0.459. The SMILES string of the molecule is CCC(C)(C)[SeH]=[Se]. The molecule has 0 N–H and O–H groups in total. The van der Waals surface area contributed by atoms with Crippen molar-refractivity contribution in [3.63, 3.8) is 0 Å². The fourth-order valence-electron chi connectivity index (χ4n) is 0.0645. The van der Waals surface area contributed by atoms with Gasteiger partial charge in [0.25, 0.3) is 0 Å². The monoisotopic (exact) mass is 232 g/mol. The molecule has 0 saturated carbocycles. The van der Waals surface area contributed by atoms with Gasteiger partial charge in [-0.1, -0.05) is 0 Å².